The lowest BCUT2D eigenvalue weighted by atomic mass is 10.1. The molecule has 0 bridgehead atoms. The van der Waals surface area contributed by atoms with Crippen molar-refractivity contribution in [2.24, 2.45) is 0 Å². The second-order valence-electron chi connectivity index (χ2n) is 4.07. The molecule has 0 radical (unpaired) electrons. The average Bonchev–Trinajstić information content (AvgIpc) is 2.41. The molecule has 1 aromatic rings. The molecule has 0 aromatic heterocycles. The SMILES string of the molecule is CCOC(=O)C(C)(Oc1ccc(OCC)cc1)C(=O)O. The maximum atomic E-state index is 11.7. The highest BCUT2D eigenvalue weighted by Crippen LogP contribution is 2.23. The lowest BCUT2D eigenvalue weighted by Gasteiger charge is -2.24. The zero-order chi connectivity index (χ0) is 15.2. The van der Waals surface area contributed by atoms with E-state index in [2.05, 4.69) is 0 Å². The molecule has 0 aliphatic carbocycles. The smallest absolute Gasteiger partial charge is 0.362 e. The van der Waals surface area contributed by atoms with Gasteiger partial charge in [0, 0.05) is 0 Å². The van der Waals surface area contributed by atoms with Crippen molar-refractivity contribution in [3.63, 3.8) is 0 Å². The first-order valence-electron chi connectivity index (χ1n) is 6.26. The van der Waals surface area contributed by atoms with Gasteiger partial charge in [0.2, 0.25) is 0 Å². The Morgan fingerprint density at radius 2 is 1.65 bits per heavy atom. The minimum absolute atomic E-state index is 0.0777. The van der Waals surface area contributed by atoms with Crippen molar-refractivity contribution >= 4 is 11.9 Å². The summed E-state index contributed by atoms with van der Waals surface area (Å²) in [6, 6.07) is 6.33. The van der Waals surface area contributed by atoms with Gasteiger partial charge in [-0.25, -0.2) is 9.59 Å². The maximum absolute atomic E-state index is 11.7. The molecule has 20 heavy (non-hydrogen) atoms. The summed E-state index contributed by atoms with van der Waals surface area (Å²) in [6.07, 6.45) is 0. The normalized spacial score (nSPS) is 13.2. The van der Waals surface area contributed by atoms with Gasteiger partial charge in [-0.1, -0.05) is 0 Å². The first kappa shape index (κ1) is 15.8. The molecule has 0 amide bonds. The molecule has 1 rings (SSSR count). The summed E-state index contributed by atoms with van der Waals surface area (Å²) < 4.78 is 15.3. The Labute approximate surface area is 117 Å². The Hall–Kier alpha value is -2.24. The van der Waals surface area contributed by atoms with E-state index in [0.717, 1.165) is 6.92 Å². The quantitative estimate of drug-likeness (QED) is 0.607. The average molecular weight is 282 g/mol. The summed E-state index contributed by atoms with van der Waals surface area (Å²) in [5.74, 6) is -1.48. The van der Waals surface area contributed by atoms with Gasteiger partial charge in [-0.15, -0.1) is 0 Å². The third kappa shape index (κ3) is 3.63. The molecule has 0 saturated carbocycles. The van der Waals surface area contributed by atoms with E-state index in [-0.39, 0.29) is 12.4 Å². The maximum Gasteiger partial charge on any atom is 0.362 e. The number of ether oxygens (including phenoxy) is 3. The highest BCUT2D eigenvalue weighted by molar-refractivity contribution is 6.02. The van der Waals surface area contributed by atoms with E-state index in [1.165, 1.54) is 12.1 Å². The largest absolute Gasteiger partial charge is 0.494 e. The number of carboxylic acids is 1. The molecule has 1 unspecified atom stereocenters. The molecule has 110 valence electrons. The van der Waals surface area contributed by atoms with Crippen LogP contribution in [0.15, 0.2) is 24.3 Å². The number of carbonyl (C=O) groups excluding carboxylic acids is 1. The molecule has 1 N–H and O–H groups in total. The van der Waals surface area contributed by atoms with Crippen molar-refractivity contribution in [1.82, 2.24) is 0 Å². The van der Waals surface area contributed by atoms with Crippen LogP contribution < -0.4 is 9.47 Å². The van der Waals surface area contributed by atoms with Crippen molar-refractivity contribution in [2.45, 2.75) is 26.4 Å². The van der Waals surface area contributed by atoms with Crippen LogP contribution in [0.2, 0.25) is 0 Å². The molecule has 0 heterocycles. The van der Waals surface area contributed by atoms with Crippen LogP contribution in [-0.2, 0) is 14.3 Å². The number of benzene rings is 1. The van der Waals surface area contributed by atoms with Crippen molar-refractivity contribution in [3.05, 3.63) is 24.3 Å². The third-order valence-electron chi connectivity index (χ3n) is 2.53. The number of rotatable bonds is 7. The molecular formula is C14H18O6. The highest BCUT2D eigenvalue weighted by Gasteiger charge is 2.46. The van der Waals surface area contributed by atoms with Gasteiger partial charge in [0.15, 0.2) is 0 Å². The molecule has 0 fully saturated rings. The van der Waals surface area contributed by atoms with Gasteiger partial charge in [0.1, 0.15) is 11.5 Å². The zero-order valence-corrected chi connectivity index (χ0v) is 11.7. The van der Waals surface area contributed by atoms with Crippen LogP contribution in [0.5, 0.6) is 11.5 Å². The minimum atomic E-state index is -2.08. The van der Waals surface area contributed by atoms with Crippen LogP contribution in [0, 0.1) is 0 Å². The van der Waals surface area contributed by atoms with Crippen LogP contribution in [0.4, 0.5) is 0 Å². The van der Waals surface area contributed by atoms with Gasteiger partial charge in [-0.05, 0) is 45.0 Å². The van der Waals surface area contributed by atoms with Crippen LogP contribution in [0.3, 0.4) is 0 Å². The topological polar surface area (TPSA) is 82.1 Å². The van der Waals surface area contributed by atoms with Gasteiger partial charge in [0.05, 0.1) is 13.2 Å². The molecule has 1 atom stereocenters. The molecule has 6 heteroatoms. The Morgan fingerprint density at radius 1 is 1.10 bits per heavy atom. The van der Waals surface area contributed by atoms with Crippen LogP contribution >= 0.6 is 0 Å². The van der Waals surface area contributed by atoms with E-state index in [4.69, 9.17) is 14.2 Å². The number of carbonyl (C=O) groups is 2. The number of aliphatic carboxylic acids is 1. The number of carboxylic acid groups (broad SMARTS) is 1. The van der Waals surface area contributed by atoms with Crippen LogP contribution in [0.1, 0.15) is 20.8 Å². The second kappa shape index (κ2) is 6.79. The molecule has 0 aliphatic heterocycles. The van der Waals surface area contributed by atoms with E-state index in [1.54, 1.807) is 19.1 Å². The monoisotopic (exact) mass is 282 g/mol. The zero-order valence-electron chi connectivity index (χ0n) is 11.7. The first-order valence-corrected chi connectivity index (χ1v) is 6.26. The van der Waals surface area contributed by atoms with Gasteiger partial charge >= 0.3 is 11.9 Å². The van der Waals surface area contributed by atoms with Crippen molar-refractivity contribution < 1.29 is 28.9 Å². The summed E-state index contributed by atoms with van der Waals surface area (Å²) in [5, 5.41) is 9.18. The second-order valence-corrected chi connectivity index (χ2v) is 4.07. The molecule has 0 spiro atoms. The Bertz CT molecular complexity index is 467. The van der Waals surface area contributed by atoms with Crippen LogP contribution in [-0.4, -0.2) is 35.9 Å². The molecule has 0 saturated heterocycles. The Kier molecular flexibility index (Phi) is 5.37. The van der Waals surface area contributed by atoms with Crippen molar-refractivity contribution in [3.8, 4) is 11.5 Å². The van der Waals surface area contributed by atoms with E-state index in [1.807, 2.05) is 6.92 Å². The minimum Gasteiger partial charge on any atom is -0.494 e. The van der Waals surface area contributed by atoms with Gasteiger partial charge in [-0.3, -0.25) is 0 Å². The van der Waals surface area contributed by atoms with E-state index in [0.29, 0.717) is 12.4 Å². The Balaban J connectivity index is 2.90. The predicted molar refractivity (Wildman–Crippen MR) is 70.9 cm³/mol. The fraction of sp³-hybridized carbons (Fsp3) is 0.429. The van der Waals surface area contributed by atoms with Gasteiger partial charge in [0.25, 0.3) is 5.60 Å². The number of hydrogen-bond acceptors (Lipinski definition) is 5. The molecular weight excluding hydrogens is 264 g/mol. The van der Waals surface area contributed by atoms with Gasteiger partial charge in [-0.2, -0.15) is 0 Å². The molecule has 6 nitrogen and oxygen atoms in total. The molecule has 1 aromatic carbocycles. The lowest BCUT2D eigenvalue weighted by molar-refractivity contribution is -0.174. The number of hydrogen-bond donors (Lipinski definition) is 1. The highest BCUT2D eigenvalue weighted by atomic mass is 16.6. The van der Waals surface area contributed by atoms with Crippen molar-refractivity contribution in [1.29, 1.82) is 0 Å². The fourth-order valence-electron chi connectivity index (χ4n) is 1.45. The number of esters is 1. The van der Waals surface area contributed by atoms with E-state index < -0.39 is 17.5 Å². The summed E-state index contributed by atoms with van der Waals surface area (Å²) in [4.78, 5) is 23.0. The summed E-state index contributed by atoms with van der Waals surface area (Å²) in [6.45, 7) is 5.21. The predicted octanol–water partition coefficient (Wildman–Crippen LogP) is 1.87. The van der Waals surface area contributed by atoms with Gasteiger partial charge < -0.3 is 19.3 Å². The summed E-state index contributed by atoms with van der Waals surface area (Å²) in [7, 11) is 0. The first-order chi connectivity index (χ1) is 9.43. The summed E-state index contributed by atoms with van der Waals surface area (Å²) in [5.41, 5.74) is -2.08. The molecule has 0 aliphatic rings. The van der Waals surface area contributed by atoms with E-state index in [9.17, 15) is 14.7 Å². The fourth-order valence-corrected chi connectivity index (χ4v) is 1.45. The third-order valence-corrected chi connectivity index (χ3v) is 2.53. The Morgan fingerprint density at radius 3 is 2.10 bits per heavy atom. The summed E-state index contributed by atoms with van der Waals surface area (Å²) >= 11 is 0. The lowest BCUT2D eigenvalue weighted by Crippen LogP contribution is -2.50. The van der Waals surface area contributed by atoms with Crippen molar-refractivity contribution in [2.75, 3.05) is 13.2 Å². The van der Waals surface area contributed by atoms with E-state index >= 15 is 0 Å². The standard InChI is InChI=1S/C14H18O6/c1-4-18-10-6-8-11(9-7-10)20-14(3,12(15)16)13(17)19-5-2/h6-9H,4-5H2,1-3H3,(H,15,16). The van der Waals surface area contributed by atoms with Crippen LogP contribution in [0.25, 0.3) is 0 Å².